The van der Waals surface area contributed by atoms with E-state index in [9.17, 15) is 19.5 Å². The van der Waals surface area contributed by atoms with Crippen molar-refractivity contribution >= 4 is 74.2 Å². The Balaban J connectivity index is 1.47. The number of thiophene rings is 1. The average Bonchev–Trinajstić information content (AvgIpc) is 3.01. The lowest BCUT2D eigenvalue weighted by Gasteiger charge is -2.48. The van der Waals surface area contributed by atoms with E-state index in [0.717, 1.165) is 20.5 Å². The van der Waals surface area contributed by atoms with Gasteiger partial charge in [-0.15, -0.1) is 23.1 Å². The lowest BCUT2D eigenvalue weighted by atomic mass is 10.0. The van der Waals surface area contributed by atoms with E-state index in [0.29, 0.717) is 5.02 Å². The van der Waals surface area contributed by atoms with E-state index in [1.807, 2.05) is 17.5 Å². The fourth-order valence-corrected chi connectivity index (χ4v) is 5.84. The molecule has 2 aromatic rings. The highest BCUT2D eigenvalue weighted by molar-refractivity contribution is 8.00. The summed E-state index contributed by atoms with van der Waals surface area (Å²) in [5.74, 6) is -1.72. The summed E-state index contributed by atoms with van der Waals surface area (Å²) in [6.45, 7) is 0. The first-order chi connectivity index (χ1) is 12.9. The number of nitrogens with zero attached hydrogens (tertiary/aromatic N) is 1. The number of hydrogen-bond donors (Lipinski definition) is 2. The number of nitrogens with one attached hydrogen (secondary N) is 1. The Morgan fingerprint density at radius 1 is 1.33 bits per heavy atom. The van der Waals surface area contributed by atoms with Gasteiger partial charge in [0.25, 0.3) is 5.91 Å². The van der Waals surface area contributed by atoms with Gasteiger partial charge in [-0.2, -0.15) is 0 Å². The molecule has 2 aliphatic rings. The molecule has 2 N–H and O–H groups in total. The van der Waals surface area contributed by atoms with Gasteiger partial charge in [0.2, 0.25) is 5.91 Å². The molecule has 0 spiro atoms. The molecule has 0 bridgehead atoms. The third kappa shape index (κ3) is 3.20. The number of carboxylic acid groups (broad SMARTS) is 1. The van der Waals surface area contributed by atoms with Crippen molar-refractivity contribution in [1.82, 2.24) is 10.2 Å². The number of β-lactam (4-membered cyclic amide) rings is 1. The van der Waals surface area contributed by atoms with Crippen molar-refractivity contribution in [3.8, 4) is 0 Å². The molecule has 0 saturated carbocycles. The lowest BCUT2D eigenvalue weighted by Crippen LogP contribution is -2.70. The largest absolute Gasteiger partial charge is 0.477 e. The first-order valence-corrected chi connectivity index (χ1v) is 10.6. The standard InChI is InChI=1S/C17H12Cl2N2O4S2/c18-8-1-2-11-9(4-8)7(5-26-11)3-12(22)20-13-15(23)21-14(17(24)25)10(19)6-27-16(13)21/h1-2,4-5,13,16H,3,6H2,(H,20,22)(H,24,25)/t13-,16-/m1/s1. The summed E-state index contributed by atoms with van der Waals surface area (Å²) in [5, 5.41) is 15.1. The van der Waals surface area contributed by atoms with Gasteiger partial charge in [0, 0.05) is 15.5 Å². The molecule has 2 aliphatic heterocycles. The molecule has 1 aromatic heterocycles. The maximum atomic E-state index is 12.5. The number of benzene rings is 1. The molecule has 6 nitrogen and oxygen atoms in total. The SMILES string of the molecule is O=C(Cc1csc2ccc(Cl)cc12)N[C@@H]1C(=O)N2C(C(=O)O)=C(Cl)CS[C@H]12. The number of thioether (sulfide) groups is 1. The Bertz CT molecular complexity index is 1020. The molecular weight excluding hydrogens is 431 g/mol. The molecule has 0 radical (unpaired) electrons. The van der Waals surface area contributed by atoms with E-state index in [1.54, 1.807) is 6.07 Å². The number of carbonyl (C=O) groups excluding carboxylic acids is 2. The highest BCUT2D eigenvalue weighted by Crippen LogP contribution is 2.41. The number of amides is 2. The van der Waals surface area contributed by atoms with Crippen LogP contribution in [0.3, 0.4) is 0 Å². The second kappa shape index (κ2) is 7.01. The van der Waals surface area contributed by atoms with Crippen LogP contribution in [0.15, 0.2) is 34.3 Å². The predicted octanol–water partition coefficient (Wildman–Crippen LogP) is 3.03. The number of halogens is 2. The molecule has 0 aliphatic carbocycles. The monoisotopic (exact) mass is 442 g/mol. The number of hydrogen-bond acceptors (Lipinski definition) is 5. The van der Waals surface area contributed by atoms with Crippen molar-refractivity contribution in [3.05, 3.63) is 44.9 Å². The van der Waals surface area contributed by atoms with Crippen LogP contribution >= 0.6 is 46.3 Å². The highest BCUT2D eigenvalue weighted by Gasteiger charge is 2.54. The first-order valence-electron chi connectivity index (χ1n) is 7.88. The van der Waals surface area contributed by atoms with Crippen LogP contribution in [0.5, 0.6) is 0 Å². The molecule has 4 rings (SSSR count). The summed E-state index contributed by atoms with van der Waals surface area (Å²) in [7, 11) is 0. The van der Waals surface area contributed by atoms with Crippen LogP contribution in [0.4, 0.5) is 0 Å². The van der Waals surface area contributed by atoms with Gasteiger partial charge >= 0.3 is 5.97 Å². The van der Waals surface area contributed by atoms with Gasteiger partial charge in [-0.1, -0.05) is 23.2 Å². The van der Waals surface area contributed by atoms with E-state index in [1.165, 1.54) is 23.1 Å². The van der Waals surface area contributed by atoms with Crippen molar-refractivity contribution in [1.29, 1.82) is 0 Å². The van der Waals surface area contributed by atoms with E-state index >= 15 is 0 Å². The number of carbonyl (C=O) groups is 3. The van der Waals surface area contributed by atoms with E-state index in [2.05, 4.69) is 5.32 Å². The quantitative estimate of drug-likeness (QED) is 0.710. The van der Waals surface area contributed by atoms with Gasteiger partial charge in [0.05, 0.1) is 11.5 Å². The van der Waals surface area contributed by atoms with Crippen molar-refractivity contribution in [2.75, 3.05) is 5.75 Å². The van der Waals surface area contributed by atoms with Crippen LogP contribution in [0.2, 0.25) is 5.02 Å². The normalized spacial score (nSPS) is 21.9. The maximum Gasteiger partial charge on any atom is 0.353 e. The van der Waals surface area contributed by atoms with Crippen molar-refractivity contribution < 1.29 is 19.5 Å². The van der Waals surface area contributed by atoms with Crippen LogP contribution in [0.25, 0.3) is 10.1 Å². The first kappa shape index (κ1) is 18.6. The van der Waals surface area contributed by atoms with Crippen LogP contribution in [0, 0.1) is 0 Å². The molecule has 2 amide bonds. The molecule has 1 fully saturated rings. The van der Waals surface area contributed by atoms with Crippen LogP contribution in [-0.4, -0.2) is 45.0 Å². The predicted molar refractivity (Wildman–Crippen MR) is 106 cm³/mol. The van der Waals surface area contributed by atoms with E-state index in [-0.39, 0.29) is 28.8 Å². The Morgan fingerprint density at radius 3 is 2.85 bits per heavy atom. The Hall–Kier alpha value is -1.74. The number of fused-ring (bicyclic) bond motifs is 2. The summed E-state index contributed by atoms with van der Waals surface area (Å²) < 4.78 is 1.03. The summed E-state index contributed by atoms with van der Waals surface area (Å²) in [6, 6.07) is 4.76. The topological polar surface area (TPSA) is 86.7 Å². The fourth-order valence-electron chi connectivity index (χ4n) is 3.17. The van der Waals surface area contributed by atoms with Gasteiger partial charge in [-0.05, 0) is 34.5 Å². The van der Waals surface area contributed by atoms with Crippen LogP contribution in [0.1, 0.15) is 5.56 Å². The number of rotatable bonds is 4. The Kier molecular flexibility index (Phi) is 4.84. The van der Waals surface area contributed by atoms with Crippen LogP contribution in [-0.2, 0) is 20.8 Å². The molecular formula is C17H12Cl2N2O4S2. The molecule has 3 heterocycles. The van der Waals surface area contributed by atoms with Crippen molar-refractivity contribution in [2.45, 2.75) is 17.8 Å². The third-order valence-electron chi connectivity index (χ3n) is 4.41. The Morgan fingerprint density at radius 2 is 2.11 bits per heavy atom. The van der Waals surface area contributed by atoms with Gasteiger partial charge < -0.3 is 10.4 Å². The smallest absolute Gasteiger partial charge is 0.353 e. The third-order valence-corrected chi connectivity index (χ3v) is 7.41. The van der Waals surface area contributed by atoms with Gasteiger partial charge in [-0.25, -0.2) is 4.79 Å². The fraction of sp³-hybridized carbons (Fsp3) is 0.235. The molecule has 2 atom stereocenters. The molecule has 1 aromatic carbocycles. The molecule has 0 unspecified atom stereocenters. The van der Waals surface area contributed by atoms with Gasteiger partial charge in [0.15, 0.2) is 0 Å². The maximum absolute atomic E-state index is 12.5. The number of carboxylic acids is 1. The zero-order valence-electron chi connectivity index (χ0n) is 13.6. The molecule has 140 valence electrons. The average molecular weight is 443 g/mol. The summed E-state index contributed by atoms with van der Waals surface area (Å²) in [4.78, 5) is 37.3. The number of aliphatic carboxylic acids is 1. The minimum atomic E-state index is -1.25. The van der Waals surface area contributed by atoms with Crippen molar-refractivity contribution in [3.63, 3.8) is 0 Å². The summed E-state index contributed by atoms with van der Waals surface area (Å²) in [6.07, 6.45) is 0.115. The van der Waals surface area contributed by atoms with Crippen molar-refractivity contribution in [2.24, 2.45) is 0 Å². The van der Waals surface area contributed by atoms with Gasteiger partial charge in [-0.3, -0.25) is 14.5 Å². The Labute approximate surface area is 172 Å². The summed E-state index contributed by atoms with van der Waals surface area (Å²) >= 11 is 14.8. The lowest BCUT2D eigenvalue weighted by molar-refractivity contribution is -0.150. The zero-order chi connectivity index (χ0) is 19.3. The second-order valence-electron chi connectivity index (χ2n) is 6.09. The van der Waals surface area contributed by atoms with E-state index in [4.69, 9.17) is 23.2 Å². The molecule has 27 heavy (non-hydrogen) atoms. The highest BCUT2D eigenvalue weighted by atomic mass is 35.5. The second-order valence-corrected chi connectivity index (χ2v) is 9.00. The molecule has 1 saturated heterocycles. The van der Waals surface area contributed by atoms with E-state index < -0.39 is 23.3 Å². The molecule has 10 heteroatoms. The summed E-state index contributed by atoms with van der Waals surface area (Å²) in [5.41, 5.74) is 0.637. The zero-order valence-corrected chi connectivity index (χ0v) is 16.7. The minimum Gasteiger partial charge on any atom is -0.477 e. The van der Waals surface area contributed by atoms with Crippen LogP contribution < -0.4 is 5.32 Å². The van der Waals surface area contributed by atoms with Gasteiger partial charge in [0.1, 0.15) is 17.1 Å². The minimum absolute atomic E-state index is 0.115.